The van der Waals surface area contributed by atoms with E-state index in [-0.39, 0.29) is 0 Å². The molecule has 2 rings (SSSR count). The summed E-state index contributed by atoms with van der Waals surface area (Å²) in [7, 11) is 0. The van der Waals surface area contributed by atoms with E-state index in [1.807, 2.05) is 0 Å². The van der Waals surface area contributed by atoms with Gasteiger partial charge in [-0.15, -0.1) is 0 Å². The fourth-order valence-corrected chi connectivity index (χ4v) is 3.66. The zero-order valence-corrected chi connectivity index (χ0v) is 12.1. The fraction of sp³-hybridized carbons (Fsp3) is 0.933. The minimum absolute atomic E-state index is 0.497. The Morgan fingerprint density at radius 2 is 2.32 bits per heavy atom. The molecular weight excluding hydrogens is 242 g/mol. The highest BCUT2D eigenvalue weighted by molar-refractivity contribution is 5.75. The summed E-state index contributed by atoms with van der Waals surface area (Å²) in [6, 6.07) is 0. The van der Waals surface area contributed by atoms with E-state index in [1.165, 1.54) is 6.42 Å². The molecule has 0 bridgehead atoms. The lowest BCUT2D eigenvalue weighted by Crippen LogP contribution is -2.49. The Hall–Kier alpha value is -0.610. The van der Waals surface area contributed by atoms with Gasteiger partial charge in [0.05, 0.1) is 12.0 Å². The highest BCUT2D eigenvalue weighted by Gasteiger charge is 2.41. The van der Waals surface area contributed by atoms with Crippen LogP contribution in [0.3, 0.4) is 0 Å². The van der Waals surface area contributed by atoms with E-state index in [9.17, 15) is 9.90 Å². The molecular formula is C15H27NO3. The molecule has 4 nitrogen and oxygen atoms in total. The number of piperidine rings is 1. The van der Waals surface area contributed by atoms with E-state index in [0.717, 1.165) is 65.0 Å². The lowest BCUT2D eigenvalue weighted by molar-refractivity contribution is -0.153. The summed E-state index contributed by atoms with van der Waals surface area (Å²) >= 11 is 0. The summed E-state index contributed by atoms with van der Waals surface area (Å²) in [5, 5.41) is 9.59. The smallest absolute Gasteiger partial charge is 0.310 e. The van der Waals surface area contributed by atoms with Gasteiger partial charge >= 0.3 is 5.97 Å². The second kappa shape index (κ2) is 6.71. The number of rotatable bonds is 5. The number of nitrogens with zero attached hydrogens (tertiary/aromatic N) is 1. The molecule has 0 aromatic carbocycles. The average molecular weight is 269 g/mol. The van der Waals surface area contributed by atoms with Crippen LogP contribution in [0.25, 0.3) is 0 Å². The van der Waals surface area contributed by atoms with Crippen LogP contribution < -0.4 is 0 Å². The number of aliphatic carboxylic acids is 1. The Balaban J connectivity index is 1.92. The van der Waals surface area contributed by atoms with Gasteiger partial charge in [0.25, 0.3) is 0 Å². The van der Waals surface area contributed by atoms with Crippen molar-refractivity contribution in [1.82, 2.24) is 4.90 Å². The van der Waals surface area contributed by atoms with Crippen LogP contribution in [0.5, 0.6) is 0 Å². The third kappa shape index (κ3) is 3.69. The van der Waals surface area contributed by atoms with E-state index in [1.54, 1.807) is 0 Å². The molecule has 2 atom stereocenters. The first-order valence-corrected chi connectivity index (χ1v) is 7.70. The molecule has 4 heteroatoms. The first kappa shape index (κ1) is 14.8. The molecule has 2 fully saturated rings. The topological polar surface area (TPSA) is 49.8 Å². The van der Waals surface area contributed by atoms with Crippen molar-refractivity contribution >= 4 is 5.97 Å². The van der Waals surface area contributed by atoms with Gasteiger partial charge in [-0.2, -0.15) is 0 Å². The van der Waals surface area contributed by atoms with Gasteiger partial charge in [-0.3, -0.25) is 4.79 Å². The normalized spacial score (nSPS) is 33.2. The molecule has 0 spiro atoms. The number of hydrogen-bond acceptors (Lipinski definition) is 3. The van der Waals surface area contributed by atoms with Gasteiger partial charge in [0, 0.05) is 19.7 Å². The minimum atomic E-state index is -0.598. The quantitative estimate of drug-likeness (QED) is 0.832. The van der Waals surface area contributed by atoms with E-state index in [2.05, 4.69) is 11.8 Å². The van der Waals surface area contributed by atoms with Crippen LogP contribution in [0.4, 0.5) is 0 Å². The maximum absolute atomic E-state index is 11.7. The maximum atomic E-state index is 11.7. The molecule has 2 unspecified atom stereocenters. The summed E-state index contributed by atoms with van der Waals surface area (Å²) < 4.78 is 5.53. The van der Waals surface area contributed by atoms with Gasteiger partial charge in [0.2, 0.25) is 0 Å². The van der Waals surface area contributed by atoms with Gasteiger partial charge in [-0.05, 0) is 44.6 Å². The Labute approximate surface area is 116 Å². The van der Waals surface area contributed by atoms with Crippen molar-refractivity contribution in [3.8, 4) is 0 Å². The Morgan fingerprint density at radius 3 is 2.95 bits per heavy atom. The lowest BCUT2D eigenvalue weighted by Gasteiger charge is -2.41. The zero-order chi connectivity index (χ0) is 13.7. The van der Waals surface area contributed by atoms with Crippen molar-refractivity contribution in [1.29, 1.82) is 0 Å². The van der Waals surface area contributed by atoms with E-state index >= 15 is 0 Å². The molecule has 2 aliphatic rings. The number of ether oxygens (including phenoxy) is 1. The van der Waals surface area contributed by atoms with Crippen molar-refractivity contribution < 1.29 is 14.6 Å². The molecule has 0 aliphatic carbocycles. The van der Waals surface area contributed by atoms with Crippen LogP contribution in [0.1, 0.15) is 45.4 Å². The number of likely N-dealkylation sites (tertiary alicyclic amines) is 1. The van der Waals surface area contributed by atoms with E-state index in [4.69, 9.17) is 4.74 Å². The molecule has 2 heterocycles. The summed E-state index contributed by atoms with van der Waals surface area (Å²) in [6.07, 6.45) is 5.99. The lowest BCUT2D eigenvalue weighted by atomic mass is 9.76. The standard InChI is InChI=1S/C15H27NO3/c1-2-6-15(14(17)18)7-4-8-16(12-15)10-13-5-3-9-19-11-13/h13H,2-12H2,1H3,(H,17,18). The van der Waals surface area contributed by atoms with Crippen LogP contribution in [0.15, 0.2) is 0 Å². The van der Waals surface area contributed by atoms with Gasteiger partial charge in [-0.25, -0.2) is 0 Å². The zero-order valence-electron chi connectivity index (χ0n) is 12.1. The second-order valence-electron chi connectivity index (χ2n) is 6.26. The molecule has 0 aromatic heterocycles. The van der Waals surface area contributed by atoms with Crippen molar-refractivity contribution in [2.45, 2.75) is 45.4 Å². The Morgan fingerprint density at radius 1 is 1.47 bits per heavy atom. The first-order valence-electron chi connectivity index (χ1n) is 7.70. The molecule has 19 heavy (non-hydrogen) atoms. The number of carbonyl (C=O) groups is 1. The number of carboxylic acids is 1. The van der Waals surface area contributed by atoms with Crippen LogP contribution in [0, 0.1) is 11.3 Å². The maximum Gasteiger partial charge on any atom is 0.310 e. The Bertz CT molecular complexity index is 298. The highest BCUT2D eigenvalue weighted by Crippen LogP contribution is 2.35. The minimum Gasteiger partial charge on any atom is -0.481 e. The fourth-order valence-electron chi connectivity index (χ4n) is 3.66. The first-order chi connectivity index (χ1) is 9.16. The van der Waals surface area contributed by atoms with Gasteiger partial charge in [0.15, 0.2) is 0 Å². The van der Waals surface area contributed by atoms with Gasteiger partial charge in [0.1, 0.15) is 0 Å². The summed E-state index contributed by atoms with van der Waals surface area (Å²) in [4.78, 5) is 14.0. The third-order valence-corrected chi connectivity index (χ3v) is 4.61. The third-order valence-electron chi connectivity index (χ3n) is 4.61. The van der Waals surface area contributed by atoms with Crippen molar-refractivity contribution in [2.75, 3.05) is 32.8 Å². The van der Waals surface area contributed by atoms with Gasteiger partial charge in [-0.1, -0.05) is 13.3 Å². The molecule has 1 N–H and O–H groups in total. The van der Waals surface area contributed by atoms with Crippen LogP contribution in [-0.2, 0) is 9.53 Å². The van der Waals surface area contributed by atoms with Gasteiger partial charge < -0.3 is 14.7 Å². The largest absolute Gasteiger partial charge is 0.481 e. The highest BCUT2D eigenvalue weighted by atomic mass is 16.5. The van der Waals surface area contributed by atoms with E-state index in [0.29, 0.717) is 5.92 Å². The molecule has 0 radical (unpaired) electrons. The summed E-state index contributed by atoms with van der Waals surface area (Å²) in [5.74, 6) is -0.00100. The Kier molecular flexibility index (Phi) is 5.22. The SMILES string of the molecule is CCCC1(C(=O)O)CCCN(CC2CCCOC2)C1. The molecule has 2 saturated heterocycles. The summed E-state index contributed by atoms with van der Waals surface area (Å²) in [6.45, 7) is 6.62. The number of hydrogen-bond donors (Lipinski definition) is 1. The second-order valence-corrected chi connectivity index (χ2v) is 6.26. The molecule has 0 amide bonds. The van der Waals surface area contributed by atoms with E-state index < -0.39 is 11.4 Å². The van der Waals surface area contributed by atoms with Crippen molar-refractivity contribution in [3.05, 3.63) is 0 Å². The number of carboxylic acid groups (broad SMARTS) is 1. The molecule has 0 aromatic rings. The monoisotopic (exact) mass is 269 g/mol. The molecule has 0 saturated carbocycles. The van der Waals surface area contributed by atoms with Crippen LogP contribution >= 0.6 is 0 Å². The average Bonchev–Trinajstić information content (AvgIpc) is 2.40. The molecule has 2 aliphatic heterocycles. The molecule has 110 valence electrons. The van der Waals surface area contributed by atoms with Crippen molar-refractivity contribution in [3.63, 3.8) is 0 Å². The predicted octanol–water partition coefficient (Wildman–Crippen LogP) is 2.38. The summed E-state index contributed by atoms with van der Waals surface area (Å²) in [5.41, 5.74) is -0.497. The van der Waals surface area contributed by atoms with Crippen molar-refractivity contribution in [2.24, 2.45) is 11.3 Å². The van der Waals surface area contributed by atoms with Crippen LogP contribution in [-0.4, -0.2) is 48.8 Å². The van der Waals surface area contributed by atoms with Crippen LogP contribution in [0.2, 0.25) is 0 Å². The predicted molar refractivity (Wildman–Crippen MR) is 74.2 cm³/mol.